The Labute approximate surface area is 215 Å². The van der Waals surface area contributed by atoms with Gasteiger partial charge in [-0.2, -0.15) is 21.6 Å². The molecule has 192 valence electrons. The Morgan fingerprint density at radius 2 is 1.76 bits per heavy atom. The predicted molar refractivity (Wildman–Crippen MR) is 136 cm³/mol. The molecule has 0 amide bonds. The zero-order chi connectivity index (χ0) is 26.2. The van der Waals surface area contributed by atoms with Crippen LogP contribution in [0, 0.1) is 5.92 Å². The molecule has 0 saturated carbocycles. The summed E-state index contributed by atoms with van der Waals surface area (Å²) in [6.07, 6.45) is -0.327. The fourth-order valence-electron chi connectivity index (χ4n) is 4.19. The van der Waals surface area contributed by atoms with Gasteiger partial charge in [0.2, 0.25) is 0 Å². The van der Waals surface area contributed by atoms with E-state index in [1.165, 1.54) is 29.5 Å². The molecule has 4 aromatic rings. The van der Waals surface area contributed by atoms with E-state index in [1.807, 2.05) is 35.7 Å². The third-order valence-corrected chi connectivity index (χ3v) is 8.10. The minimum Gasteiger partial charge on any atom is -0.493 e. The predicted octanol–water partition coefficient (Wildman–Crippen LogP) is 6.02. The van der Waals surface area contributed by atoms with E-state index in [2.05, 4.69) is 0 Å². The lowest BCUT2D eigenvalue weighted by molar-refractivity contribution is -0.0429. The molecule has 2 heterocycles. The van der Waals surface area contributed by atoms with Crippen molar-refractivity contribution in [1.82, 2.24) is 4.98 Å². The maximum atomic E-state index is 12.9. The van der Waals surface area contributed by atoms with Crippen LogP contribution in [-0.2, 0) is 16.4 Å². The van der Waals surface area contributed by atoms with Crippen LogP contribution in [0.15, 0.2) is 78.2 Å². The van der Waals surface area contributed by atoms with Gasteiger partial charge in [-0.1, -0.05) is 60.7 Å². The van der Waals surface area contributed by atoms with Crippen molar-refractivity contribution < 1.29 is 31.4 Å². The number of rotatable bonds is 6. The van der Waals surface area contributed by atoms with Crippen LogP contribution in [0.3, 0.4) is 0 Å². The highest BCUT2D eigenvalue weighted by atomic mass is 32.2. The van der Waals surface area contributed by atoms with Gasteiger partial charge < -0.3 is 9.84 Å². The number of benzene rings is 3. The average molecular weight is 547 g/mol. The van der Waals surface area contributed by atoms with Crippen LogP contribution in [0.5, 0.6) is 5.75 Å². The first kappa shape index (κ1) is 25.2. The number of nitrogens with zero attached hydrogens (tertiary/aromatic N) is 1. The smallest absolute Gasteiger partial charge is 0.493 e. The van der Waals surface area contributed by atoms with Gasteiger partial charge >= 0.3 is 15.5 Å². The summed E-state index contributed by atoms with van der Waals surface area (Å²) in [5, 5.41) is 13.9. The van der Waals surface area contributed by atoms with Gasteiger partial charge in [0.15, 0.2) is 0 Å². The van der Waals surface area contributed by atoms with Crippen LogP contribution in [0.4, 0.5) is 18.9 Å². The first-order valence-corrected chi connectivity index (χ1v) is 13.6. The highest BCUT2D eigenvalue weighted by molar-refractivity contribution is 7.93. The molecule has 0 aliphatic carbocycles. The minimum atomic E-state index is -5.59. The van der Waals surface area contributed by atoms with Crippen LogP contribution in [-0.4, -0.2) is 30.6 Å². The van der Waals surface area contributed by atoms with Crippen LogP contribution >= 0.6 is 11.3 Å². The van der Waals surface area contributed by atoms with E-state index in [1.54, 1.807) is 29.0 Å². The summed E-state index contributed by atoms with van der Waals surface area (Å²) in [6, 6.07) is 20.4. The third-order valence-electron chi connectivity index (χ3n) is 6.06. The monoisotopic (exact) mass is 546 g/mol. The van der Waals surface area contributed by atoms with Crippen LogP contribution in [0.1, 0.15) is 17.4 Å². The van der Waals surface area contributed by atoms with E-state index in [0.29, 0.717) is 23.3 Å². The van der Waals surface area contributed by atoms with Crippen molar-refractivity contribution in [3.8, 4) is 27.4 Å². The summed E-state index contributed by atoms with van der Waals surface area (Å²) in [7, 11) is -5.59. The van der Waals surface area contributed by atoms with Gasteiger partial charge in [-0.05, 0) is 24.1 Å². The first-order chi connectivity index (χ1) is 17.6. The zero-order valence-corrected chi connectivity index (χ0v) is 20.8. The van der Waals surface area contributed by atoms with Crippen molar-refractivity contribution in [2.45, 2.75) is 18.0 Å². The second kappa shape index (κ2) is 9.81. The van der Waals surface area contributed by atoms with Gasteiger partial charge in [0, 0.05) is 28.0 Å². The number of ether oxygens (including phenoxy) is 1. The van der Waals surface area contributed by atoms with E-state index in [9.17, 15) is 26.7 Å². The second-order valence-corrected chi connectivity index (χ2v) is 11.1. The Hall–Kier alpha value is -3.41. The van der Waals surface area contributed by atoms with Crippen molar-refractivity contribution in [2.75, 3.05) is 11.3 Å². The SMILES string of the molecule is O=S(=O)(Nc1ccccc1-c1ccc2c(c1)OC[C@@H](Cc1csc(-c3ccccc3)n1)[C@@H]2O)C(F)(F)F. The number of para-hydroxylation sites is 1. The summed E-state index contributed by atoms with van der Waals surface area (Å²) < 4.78 is 69.5. The Morgan fingerprint density at radius 1 is 1.03 bits per heavy atom. The molecule has 6 nitrogen and oxygen atoms in total. The van der Waals surface area contributed by atoms with Gasteiger partial charge in [-0.3, -0.25) is 4.72 Å². The molecular formula is C26H21F3N2O4S2. The third kappa shape index (κ3) is 5.20. The molecule has 0 radical (unpaired) electrons. The fraction of sp³-hybridized carbons (Fsp3) is 0.192. The maximum Gasteiger partial charge on any atom is 0.516 e. The van der Waals surface area contributed by atoms with Gasteiger partial charge in [-0.15, -0.1) is 11.3 Å². The summed E-state index contributed by atoms with van der Waals surface area (Å²) in [5.74, 6) is 0.146. The van der Waals surface area contributed by atoms with E-state index < -0.39 is 21.6 Å². The van der Waals surface area contributed by atoms with Gasteiger partial charge in [0.1, 0.15) is 10.8 Å². The highest BCUT2D eigenvalue weighted by Crippen LogP contribution is 2.41. The van der Waals surface area contributed by atoms with E-state index in [0.717, 1.165) is 16.3 Å². The molecule has 1 aromatic heterocycles. The molecule has 0 saturated heterocycles. The summed E-state index contributed by atoms with van der Waals surface area (Å²) in [4.78, 5) is 4.69. The summed E-state index contributed by atoms with van der Waals surface area (Å²) in [5.41, 5.74) is -2.56. The topological polar surface area (TPSA) is 88.5 Å². The number of sulfonamides is 1. The molecule has 0 fully saturated rings. The highest BCUT2D eigenvalue weighted by Gasteiger charge is 2.46. The van der Waals surface area contributed by atoms with Gasteiger partial charge in [0.05, 0.1) is 24.1 Å². The normalized spacial score (nSPS) is 17.6. The number of aliphatic hydroxyl groups excluding tert-OH is 1. The Kier molecular flexibility index (Phi) is 6.69. The summed E-state index contributed by atoms with van der Waals surface area (Å²) in [6.45, 7) is 0.220. The van der Waals surface area contributed by atoms with E-state index >= 15 is 0 Å². The number of aliphatic hydroxyl groups is 1. The molecule has 37 heavy (non-hydrogen) atoms. The maximum absolute atomic E-state index is 12.9. The fourth-order valence-corrected chi connectivity index (χ4v) is 5.61. The van der Waals surface area contributed by atoms with Crippen molar-refractivity contribution >= 4 is 27.0 Å². The Balaban J connectivity index is 1.36. The Morgan fingerprint density at radius 3 is 2.51 bits per heavy atom. The zero-order valence-electron chi connectivity index (χ0n) is 19.1. The first-order valence-electron chi connectivity index (χ1n) is 11.3. The lowest BCUT2D eigenvalue weighted by atomic mass is 9.88. The largest absolute Gasteiger partial charge is 0.516 e. The average Bonchev–Trinajstić information content (AvgIpc) is 3.34. The number of alkyl halides is 3. The molecule has 0 bridgehead atoms. The van der Waals surface area contributed by atoms with E-state index in [4.69, 9.17) is 9.72 Å². The number of halogens is 3. The molecule has 3 aromatic carbocycles. The molecule has 1 aliphatic heterocycles. The van der Waals surface area contributed by atoms with Crippen molar-refractivity contribution in [3.63, 3.8) is 0 Å². The van der Waals surface area contributed by atoms with Crippen LogP contribution in [0.25, 0.3) is 21.7 Å². The van der Waals surface area contributed by atoms with Crippen molar-refractivity contribution in [2.24, 2.45) is 5.92 Å². The number of fused-ring (bicyclic) bond motifs is 1. The molecule has 0 unspecified atom stereocenters. The quantitative estimate of drug-likeness (QED) is 0.309. The number of anilines is 1. The molecule has 2 atom stereocenters. The lowest BCUT2D eigenvalue weighted by Gasteiger charge is -2.30. The van der Waals surface area contributed by atoms with Crippen molar-refractivity contribution in [1.29, 1.82) is 0 Å². The second-order valence-electron chi connectivity index (χ2n) is 8.58. The molecule has 5 rings (SSSR count). The molecule has 0 spiro atoms. The van der Waals surface area contributed by atoms with Gasteiger partial charge in [-0.25, -0.2) is 4.98 Å². The summed E-state index contributed by atoms with van der Waals surface area (Å²) >= 11 is 1.53. The van der Waals surface area contributed by atoms with Crippen molar-refractivity contribution in [3.05, 3.63) is 89.4 Å². The van der Waals surface area contributed by atoms with Gasteiger partial charge in [0.25, 0.3) is 0 Å². The number of hydrogen-bond acceptors (Lipinski definition) is 6. The number of hydrogen-bond donors (Lipinski definition) is 2. The van der Waals surface area contributed by atoms with E-state index in [-0.39, 0.29) is 23.8 Å². The van der Waals surface area contributed by atoms with Crippen LogP contribution in [0.2, 0.25) is 0 Å². The minimum absolute atomic E-state index is 0.216. The van der Waals surface area contributed by atoms with Crippen LogP contribution < -0.4 is 9.46 Å². The standard InChI is InChI=1S/C26H21F3N2O4S2/c27-26(28,29)37(33,34)31-22-9-5-4-8-20(22)17-10-11-21-23(13-17)35-14-18(24(21)32)12-19-15-36-25(30-19)16-6-2-1-3-7-16/h1-11,13,15,18,24,31-32H,12,14H2/t18-,24+/m1/s1. The molecule has 1 aliphatic rings. The number of aromatic nitrogens is 1. The number of thiazole rings is 1. The molecule has 11 heteroatoms. The number of nitrogens with one attached hydrogen (secondary N) is 1. The lowest BCUT2D eigenvalue weighted by Crippen LogP contribution is -2.30. The molecular weight excluding hydrogens is 525 g/mol. The Bertz CT molecular complexity index is 1520. The molecule has 2 N–H and O–H groups in total.